The molecule has 2 atom stereocenters. The second-order valence-electron chi connectivity index (χ2n) is 9.02. The summed E-state index contributed by atoms with van der Waals surface area (Å²) in [6.45, 7) is 1.04. The first kappa shape index (κ1) is 23.1. The normalized spacial score (nSPS) is 18.5. The van der Waals surface area contributed by atoms with Crippen LogP contribution < -0.4 is 10.1 Å². The van der Waals surface area contributed by atoms with Crippen molar-refractivity contribution in [3.8, 4) is 11.8 Å². The fourth-order valence-electron chi connectivity index (χ4n) is 4.84. The second kappa shape index (κ2) is 9.55. The number of para-hydroxylation sites is 1. The van der Waals surface area contributed by atoms with Gasteiger partial charge in [-0.3, -0.25) is 9.59 Å². The maximum atomic E-state index is 13.0. The van der Waals surface area contributed by atoms with Crippen LogP contribution in [0, 0.1) is 17.2 Å². The zero-order chi connectivity index (χ0) is 24.5. The number of ether oxygens (including phenoxy) is 1. The fraction of sp³-hybridized carbons (Fsp3) is 0.385. The number of nitriles is 1. The van der Waals surface area contributed by atoms with Crippen LogP contribution in [-0.4, -0.2) is 39.9 Å². The van der Waals surface area contributed by atoms with Gasteiger partial charge in [-0.1, -0.05) is 18.2 Å². The number of nitrogens with zero attached hydrogens (tertiary/aromatic N) is 4. The van der Waals surface area contributed by atoms with Crippen LogP contribution >= 0.6 is 11.3 Å². The molecule has 1 aliphatic carbocycles. The first-order valence-electron chi connectivity index (χ1n) is 11.7. The average Bonchev–Trinajstić information content (AvgIpc) is 3.46. The standard InChI is InChI=1S/C26H27N5O3S/c1-30-12-10-28-23(30)7-8-24(32)31-11-9-17-20(14-27)26(35-22(17)15-31)29-25(33)19-13-18(19)16-5-3-4-6-21(16)34-2/h3-6,10,12,18-19H,7-9,11,13,15H2,1-2H3,(H,29,33). The molecule has 5 rings (SSSR count). The molecule has 1 aliphatic heterocycles. The van der Waals surface area contributed by atoms with Crippen molar-refractivity contribution >= 4 is 28.2 Å². The van der Waals surface area contributed by atoms with E-state index in [1.807, 2.05) is 47.0 Å². The molecular weight excluding hydrogens is 462 g/mol. The number of methoxy groups -OCH3 is 1. The van der Waals surface area contributed by atoms with Crippen LogP contribution in [0.3, 0.4) is 0 Å². The number of amides is 2. The molecule has 2 unspecified atom stereocenters. The number of benzene rings is 1. The number of hydrogen-bond donors (Lipinski definition) is 1. The third-order valence-corrected chi connectivity index (χ3v) is 8.04. The zero-order valence-electron chi connectivity index (χ0n) is 19.8. The highest BCUT2D eigenvalue weighted by Crippen LogP contribution is 2.51. The minimum Gasteiger partial charge on any atom is -0.496 e. The number of carbonyl (C=O) groups excluding carboxylic acids is 2. The molecule has 0 saturated heterocycles. The molecule has 2 aliphatic rings. The maximum Gasteiger partial charge on any atom is 0.228 e. The summed E-state index contributed by atoms with van der Waals surface area (Å²) in [6, 6.07) is 10.1. The van der Waals surface area contributed by atoms with Gasteiger partial charge < -0.3 is 19.5 Å². The fourth-order valence-corrected chi connectivity index (χ4v) is 6.06. The molecule has 0 radical (unpaired) electrons. The molecule has 2 amide bonds. The summed E-state index contributed by atoms with van der Waals surface area (Å²) < 4.78 is 7.37. The largest absolute Gasteiger partial charge is 0.496 e. The number of imidazole rings is 1. The Morgan fingerprint density at radius 2 is 2.17 bits per heavy atom. The number of thiophene rings is 1. The van der Waals surface area contributed by atoms with E-state index in [1.54, 1.807) is 13.3 Å². The Bertz CT molecular complexity index is 1320. The second-order valence-corrected chi connectivity index (χ2v) is 10.1. The topological polar surface area (TPSA) is 100 Å². The Balaban J connectivity index is 1.24. The van der Waals surface area contributed by atoms with Crippen LogP contribution in [0.15, 0.2) is 36.7 Å². The van der Waals surface area contributed by atoms with E-state index >= 15 is 0 Å². The molecule has 8 nitrogen and oxygen atoms in total. The molecule has 1 aromatic carbocycles. The monoisotopic (exact) mass is 489 g/mol. The van der Waals surface area contributed by atoms with Crippen LogP contribution in [0.1, 0.15) is 46.2 Å². The van der Waals surface area contributed by atoms with E-state index in [0.717, 1.165) is 34.0 Å². The molecule has 180 valence electrons. The van der Waals surface area contributed by atoms with Gasteiger partial charge in [0, 0.05) is 49.6 Å². The van der Waals surface area contributed by atoms with Crippen LogP contribution in [0.2, 0.25) is 0 Å². The lowest BCUT2D eigenvalue weighted by Gasteiger charge is -2.27. The quantitative estimate of drug-likeness (QED) is 0.546. The smallest absolute Gasteiger partial charge is 0.228 e. The number of aryl methyl sites for hydroxylation is 2. The minimum absolute atomic E-state index is 0.0704. The van der Waals surface area contributed by atoms with Crippen LogP contribution in [0.5, 0.6) is 5.75 Å². The van der Waals surface area contributed by atoms with E-state index in [4.69, 9.17) is 4.74 Å². The van der Waals surface area contributed by atoms with Gasteiger partial charge >= 0.3 is 0 Å². The molecule has 3 heterocycles. The van der Waals surface area contributed by atoms with Gasteiger partial charge in [-0.25, -0.2) is 4.98 Å². The Morgan fingerprint density at radius 1 is 1.34 bits per heavy atom. The van der Waals surface area contributed by atoms with E-state index in [0.29, 0.717) is 42.9 Å². The number of rotatable bonds is 7. The molecule has 1 N–H and O–H groups in total. The molecule has 2 aromatic heterocycles. The summed E-state index contributed by atoms with van der Waals surface area (Å²) in [4.78, 5) is 32.9. The SMILES string of the molecule is COc1ccccc1C1CC1C(=O)Nc1sc2c(c1C#N)CCN(C(=O)CCc1nccn1C)C2. The lowest BCUT2D eigenvalue weighted by Crippen LogP contribution is -2.35. The first-order valence-corrected chi connectivity index (χ1v) is 12.5. The summed E-state index contributed by atoms with van der Waals surface area (Å²) >= 11 is 1.41. The van der Waals surface area contributed by atoms with Gasteiger partial charge in [0.2, 0.25) is 11.8 Å². The van der Waals surface area contributed by atoms with Crippen molar-refractivity contribution < 1.29 is 14.3 Å². The van der Waals surface area contributed by atoms with E-state index in [1.165, 1.54) is 11.3 Å². The van der Waals surface area contributed by atoms with Gasteiger partial charge in [0.25, 0.3) is 0 Å². The van der Waals surface area contributed by atoms with Crippen molar-refractivity contribution in [1.29, 1.82) is 5.26 Å². The van der Waals surface area contributed by atoms with Gasteiger partial charge in [0.1, 0.15) is 22.6 Å². The Labute approximate surface area is 208 Å². The van der Waals surface area contributed by atoms with E-state index in [-0.39, 0.29) is 23.7 Å². The third kappa shape index (κ3) is 4.54. The summed E-state index contributed by atoms with van der Waals surface area (Å²) in [6.07, 6.45) is 5.97. The van der Waals surface area contributed by atoms with Gasteiger partial charge in [-0.05, 0) is 36.0 Å². The Kier molecular flexibility index (Phi) is 6.31. The minimum atomic E-state index is -0.138. The first-order chi connectivity index (χ1) is 17.0. The lowest BCUT2D eigenvalue weighted by atomic mass is 10.0. The predicted molar refractivity (Wildman–Crippen MR) is 132 cm³/mol. The molecule has 1 saturated carbocycles. The summed E-state index contributed by atoms with van der Waals surface area (Å²) in [5, 5.41) is 13.4. The van der Waals surface area contributed by atoms with E-state index < -0.39 is 0 Å². The van der Waals surface area contributed by atoms with Crippen LogP contribution in [-0.2, 0) is 36.0 Å². The Hall–Kier alpha value is -3.64. The molecule has 9 heteroatoms. The van der Waals surface area contributed by atoms with Crippen molar-refractivity contribution in [2.24, 2.45) is 13.0 Å². The molecule has 1 fully saturated rings. The number of nitrogens with one attached hydrogen (secondary N) is 1. The van der Waals surface area contributed by atoms with Crippen molar-refractivity contribution in [3.63, 3.8) is 0 Å². The molecule has 0 spiro atoms. The lowest BCUT2D eigenvalue weighted by molar-refractivity contribution is -0.132. The highest BCUT2D eigenvalue weighted by Gasteiger charge is 2.45. The Morgan fingerprint density at radius 3 is 2.91 bits per heavy atom. The molecule has 35 heavy (non-hydrogen) atoms. The van der Waals surface area contributed by atoms with Crippen molar-refractivity contribution in [2.45, 2.75) is 38.1 Å². The average molecular weight is 490 g/mol. The van der Waals surface area contributed by atoms with Crippen molar-refractivity contribution in [3.05, 3.63) is 64.1 Å². The van der Waals surface area contributed by atoms with E-state index in [9.17, 15) is 14.9 Å². The van der Waals surface area contributed by atoms with Crippen LogP contribution in [0.25, 0.3) is 0 Å². The van der Waals surface area contributed by atoms with Gasteiger partial charge in [-0.15, -0.1) is 11.3 Å². The summed E-state index contributed by atoms with van der Waals surface area (Å²) in [5.41, 5.74) is 2.53. The number of carbonyl (C=O) groups is 2. The van der Waals surface area contributed by atoms with Crippen LogP contribution in [0.4, 0.5) is 5.00 Å². The number of anilines is 1. The van der Waals surface area contributed by atoms with E-state index in [2.05, 4.69) is 16.4 Å². The molecular formula is C26H27N5O3S. The summed E-state index contributed by atoms with van der Waals surface area (Å²) in [5.74, 6) is 1.67. The summed E-state index contributed by atoms with van der Waals surface area (Å²) in [7, 11) is 3.56. The zero-order valence-corrected chi connectivity index (χ0v) is 20.6. The highest BCUT2D eigenvalue weighted by atomic mass is 32.1. The molecule has 3 aromatic rings. The molecule has 0 bridgehead atoms. The third-order valence-electron chi connectivity index (χ3n) is 6.91. The van der Waals surface area contributed by atoms with Crippen molar-refractivity contribution in [1.82, 2.24) is 14.5 Å². The number of fused-ring (bicyclic) bond motifs is 1. The number of aromatic nitrogens is 2. The number of hydrogen-bond acceptors (Lipinski definition) is 6. The maximum absolute atomic E-state index is 13.0. The van der Waals surface area contributed by atoms with Gasteiger partial charge in [0.05, 0.1) is 19.2 Å². The van der Waals surface area contributed by atoms with Gasteiger partial charge in [-0.2, -0.15) is 5.26 Å². The van der Waals surface area contributed by atoms with Crippen molar-refractivity contribution in [2.75, 3.05) is 19.0 Å². The predicted octanol–water partition coefficient (Wildman–Crippen LogP) is 3.62. The van der Waals surface area contributed by atoms with Gasteiger partial charge in [0.15, 0.2) is 0 Å². The highest BCUT2D eigenvalue weighted by molar-refractivity contribution is 7.16.